The van der Waals surface area contributed by atoms with Gasteiger partial charge in [0.25, 0.3) is 5.91 Å². The lowest BCUT2D eigenvalue weighted by molar-refractivity contribution is 0.0756. The second kappa shape index (κ2) is 8.22. The minimum absolute atomic E-state index is 0.00323. The molecule has 1 amide bonds. The number of benzene rings is 1. The van der Waals surface area contributed by atoms with Gasteiger partial charge >= 0.3 is 0 Å². The van der Waals surface area contributed by atoms with Gasteiger partial charge in [-0.05, 0) is 31.7 Å². The summed E-state index contributed by atoms with van der Waals surface area (Å²) in [5.74, 6) is -1.09. The molecule has 0 fully saturated rings. The molecule has 118 valence electrons. The molecule has 1 N–H and O–H groups in total. The largest absolute Gasteiger partial charge is 0.380 e. The lowest BCUT2D eigenvalue weighted by atomic mass is 10.1. The Morgan fingerprint density at radius 3 is 2.43 bits per heavy atom. The molecule has 0 bridgehead atoms. The van der Waals surface area contributed by atoms with Gasteiger partial charge in [0.15, 0.2) is 0 Å². The van der Waals surface area contributed by atoms with Gasteiger partial charge in [-0.25, -0.2) is 8.78 Å². The molecule has 0 aromatic heterocycles. The van der Waals surface area contributed by atoms with Crippen LogP contribution in [0.3, 0.4) is 0 Å². The van der Waals surface area contributed by atoms with E-state index in [-0.39, 0.29) is 23.2 Å². The Hall–Kier alpha value is -1.30. The molecule has 1 unspecified atom stereocenters. The van der Waals surface area contributed by atoms with Crippen molar-refractivity contribution in [3.05, 3.63) is 29.3 Å². The highest BCUT2D eigenvalue weighted by molar-refractivity contribution is 7.98. The van der Waals surface area contributed by atoms with E-state index in [4.69, 9.17) is 0 Å². The average molecular weight is 316 g/mol. The number of nitrogens with one attached hydrogen (secondary N) is 1. The van der Waals surface area contributed by atoms with Crippen LogP contribution in [0.4, 0.5) is 14.5 Å². The number of hydrogen-bond donors (Lipinski definition) is 1. The highest BCUT2D eigenvalue weighted by Crippen LogP contribution is 2.22. The van der Waals surface area contributed by atoms with Crippen LogP contribution in [0.15, 0.2) is 12.1 Å². The minimum atomic E-state index is -0.738. The molecule has 21 heavy (non-hydrogen) atoms. The minimum Gasteiger partial charge on any atom is -0.380 e. The first-order chi connectivity index (χ1) is 9.92. The van der Waals surface area contributed by atoms with E-state index in [9.17, 15) is 13.6 Å². The standard InChI is InChI=1S/C15H22F2N2OS/c1-5-6-18-14-12(16)7-11(8-13(14)17)15(20)19(3)10(2)9-21-4/h7-8,10,18H,5-6,9H2,1-4H3. The first kappa shape index (κ1) is 17.8. The molecule has 0 radical (unpaired) electrons. The average Bonchev–Trinajstić information content (AvgIpc) is 2.45. The fourth-order valence-electron chi connectivity index (χ4n) is 1.87. The van der Waals surface area contributed by atoms with E-state index < -0.39 is 11.6 Å². The van der Waals surface area contributed by atoms with Gasteiger partial charge in [0.2, 0.25) is 0 Å². The maximum atomic E-state index is 13.9. The van der Waals surface area contributed by atoms with E-state index in [0.717, 1.165) is 24.3 Å². The molecule has 0 aliphatic rings. The second-order valence-electron chi connectivity index (χ2n) is 4.96. The molecule has 0 heterocycles. The lowest BCUT2D eigenvalue weighted by Crippen LogP contribution is -2.36. The van der Waals surface area contributed by atoms with Crippen LogP contribution in [-0.4, -0.2) is 42.4 Å². The maximum absolute atomic E-state index is 13.9. The number of amides is 1. The van der Waals surface area contributed by atoms with Gasteiger partial charge in [0, 0.05) is 31.0 Å². The third-order valence-corrected chi connectivity index (χ3v) is 4.05. The summed E-state index contributed by atoms with van der Waals surface area (Å²) >= 11 is 1.62. The summed E-state index contributed by atoms with van der Waals surface area (Å²) < 4.78 is 27.9. The third-order valence-electron chi connectivity index (χ3n) is 3.23. The highest BCUT2D eigenvalue weighted by atomic mass is 32.2. The van der Waals surface area contributed by atoms with Crippen molar-refractivity contribution < 1.29 is 13.6 Å². The Labute approximate surface area is 129 Å². The Morgan fingerprint density at radius 1 is 1.38 bits per heavy atom. The summed E-state index contributed by atoms with van der Waals surface area (Å²) in [6, 6.07) is 2.17. The van der Waals surface area contributed by atoms with Crippen molar-refractivity contribution >= 4 is 23.4 Å². The summed E-state index contributed by atoms with van der Waals surface area (Å²) in [6.45, 7) is 4.28. The van der Waals surface area contributed by atoms with Crippen molar-refractivity contribution in [1.82, 2.24) is 4.90 Å². The number of rotatable bonds is 7. The molecule has 0 saturated heterocycles. The zero-order valence-electron chi connectivity index (χ0n) is 12.9. The summed E-state index contributed by atoms with van der Waals surface area (Å²) in [5.41, 5.74) is -0.143. The fourth-order valence-corrected chi connectivity index (χ4v) is 2.58. The summed E-state index contributed by atoms with van der Waals surface area (Å²) in [5, 5.41) is 2.69. The van der Waals surface area contributed by atoms with Gasteiger partial charge in [-0.3, -0.25) is 4.79 Å². The van der Waals surface area contributed by atoms with E-state index in [0.29, 0.717) is 6.54 Å². The molecule has 1 rings (SSSR count). The van der Waals surface area contributed by atoms with Crippen LogP contribution < -0.4 is 5.32 Å². The number of carbonyl (C=O) groups excluding carboxylic acids is 1. The number of thioether (sulfide) groups is 1. The first-order valence-corrected chi connectivity index (χ1v) is 8.30. The normalized spacial score (nSPS) is 12.1. The van der Waals surface area contributed by atoms with E-state index in [2.05, 4.69) is 5.32 Å². The van der Waals surface area contributed by atoms with Crippen LogP contribution in [0.5, 0.6) is 0 Å². The number of nitrogens with zero attached hydrogens (tertiary/aromatic N) is 1. The van der Waals surface area contributed by atoms with E-state index in [1.165, 1.54) is 4.90 Å². The van der Waals surface area contributed by atoms with Gasteiger partial charge in [0.05, 0.1) is 0 Å². The van der Waals surface area contributed by atoms with Crippen molar-refractivity contribution in [1.29, 1.82) is 0 Å². The summed E-state index contributed by atoms with van der Waals surface area (Å²) in [6.07, 6.45) is 2.71. The Balaban J connectivity index is 2.96. The van der Waals surface area contributed by atoms with Crippen molar-refractivity contribution in [2.24, 2.45) is 0 Å². The van der Waals surface area contributed by atoms with E-state index >= 15 is 0 Å². The summed E-state index contributed by atoms with van der Waals surface area (Å²) in [4.78, 5) is 13.8. The Bertz CT molecular complexity index is 474. The predicted octanol–water partition coefficient (Wildman–Crippen LogP) is 3.61. The molecule has 0 saturated carbocycles. The van der Waals surface area contributed by atoms with Gasteiger partial charge in [-0.1, -0.05) is 6.92 Å². The Morgan fingerprint density at radius 2 is 1.95 bits per heavy atom. The van der Waals surface area contributed by atoms with Crippen LogP contribution in [0.1, 0.15) is 30.6 Å². The van der Waals surface area contributed by atoms with Gasteiger partial charge in [-0.15, -0.1) is 0 Å². The predicted molar refractivity (Wildman–Crippen MR) is 85.1 cm³/mol. The van der Waals surface area contributed by atoms with E-state index in [1.807, 2.05) is 20.1 Å². The molecule has 1 aromatic carbocycles. The SMILES string of the molecule is CCCNc1c(F)cc(C(=O)N(C)C(C)CSC)cc1F. The molecule has 0 aliphatic heterocycles. The molecule has 0 aliphatic carbocycles. The molecule has 1 aromatic rings. The molecule has 6 heteroatoms. The topological polar surface area (TPSA) is 32.3 Å². The van der Waals surface area contributed by atoms with Crippen LogP contribution in [0, 0.1) is 11.6 Å². The molecule has 0 spiro atoms. The van der Waals surface area contributed by atoms with Crippen molar-refractivity contribution in [2.75, 3.05) is 30.9 Å². The van der Waals surface area contributed by atoms with Crippen LogP contribution in [0.2, 0.25) is 0 Å². The fraction of sp³-hybridized carbons (Fsp3) is 0.533. The second-order valence-corrected chi connectivity index (χ2v) is 5.87. The molecular weight excluding hydrogens is 294 g/mol. The van der Waals surface area contributed by atoms with Crippen LogP contribution in [-0.2, 0) is 0 Å². The monoisotopic (exact) mass is 316 g/mol. The number of carbonyl (C=O) groups is 1. The number of anilines is 1. The van der Waals surface area contributed by atoms with Crippen molar-refractivity contribution in [3.8, 4) is 0 Å². The summed E-state index contributed by atoms with van der Waals surface area (Å²) in [7, 11) is 1.64. The van der Waals surface area contributed by atoms with Crippen molar-refractivity contribution in [3.63, 3.8) is 0 Å². The molecular formula is C15H22F2N2OS. The van der Waals surface area contributed by atoms with Crippen LogP contribution >= 0.6 is 11.8 Å². The van der Waals surface area contributed by atoms with Crippen molar-refractivity contribution in [2.45, 2.75) is 26.3 Å². The molecule has 1 atom stereocenters. The zero-order chi connectivity index (χ0) is 16.0. The smallest absolute Gasteiger partial charge is 0.254 e. The van der Waals surface area contributed by atoms with E-state index in [1.54, 1.807) is 18.8 Å². The number of halogens is 2. The first-order valence-electron chi connectivity index (χ1n) is 6.91. The van der Waals surface area contributed by atoms with Gasteiger partial charge in [0.1, 0.15) is 17.3 Å². The highest BCUT2D eigenvalue weighted by Gasteiger charge is 2.20. The number of hydrogen-bond acceptors (Lipinski definition) is 3. The van der Waals surface area contributed by atoms with Gasteiger partial charge < -0.3 is 10.2 Å². The maximum Gasteiger partial charge on any atom is 0.254 e. The third kappa shape index (κ3) is 4.59. The molecule has 3 nitrogen and oxygen atoms in total. The van der Waals surface area contributed by atoms with Crippen LogP contribution in [0.25, 0.3) is 0 Å². The van der Waals surface area contributed by atoms with Gasteiger partial charge in [-0.2, -0.15) is 11.8 Å². The lowest BCUT2D eigenvalue weighted by Gasteiger charge is -2.24. The quantitative estimate of drug-likeness (QED) is 0.834. The Kier molecular flexibility index (Phi) is 6.95. The zero-order valence-corrected chi connectivity index (χ0v) is 13.7.